The summed E-state index contributed by atoms with van der Waals surface area (Å²) in [6.45, 7) is 6.29. The summed E-state index contributed by atoms with van der Waals surface area (Å²) in [6, 6.07) is 9.05. The Kier molecular flexibility index (Phi) is 4.04. The molecule has 0 N–H and O–H groups in total. The summed E-state index contributed by atoms with van der Waals surface area (Å²) in [4.78, 5) is 26.3. The van der Waals surface area contributed by atoms with E-state index < -0.39 is 17.7 Å². The minimum Gasteiger partial charge on any atom is -0.459 e. The molecular formula is C18H23NO4. The van der Waals surface area contributed by atoms with Crippen molar-refractivity contribution in [2.75, 3.05) is 6.54 Å². The van der Waals surface area contributed by atoms with Crippen LogP contribution in [-0.4, -0.2) is 35.2 Å². The zero-order chi connectivity index (χ0) is 16.6. The van der Waals surface area contributed by atoms with E-state index in [9.17, 15) is 9.59 Å². The lowest BCUT2D eigenvalue weighted by atomic mass is 10.2. The van der Waals surface area contributed by atoms with Crippen molar-refractivity contribution in [3.8, 4) is 0 Å². The van der Waals surface area contributed by atoms with Crippen LogP contribution >= 0.6 is 0 Å². The lowest BCUT2D eigenvalue weighted by molar-refractivity contribution is -0.151. The molecule has 0 bridgehead atoms. The number of hydrogen-bond acceptors (Lipinski definition) is 4. The third-order valence-corrected chi connectivity index (χ3v) is 4.24. The van der Waals surface area contributed by atoms with Gasteiger partial charge in [-0.25, -0.2) is 9.59 Å². The van der Waals surface area contributed by atoms with Crippen LogP contribution in [0.25, 0.3) is 0 Å². The van der Waals surface area contributed by atoms with E-state index in [1.54, 1.807) is 0 Å². The van der Waals surface area contributed by atoms with E-state index in [0.717, 1.165) is 12.0 Å². The van der Waals surface area contributed by atoms with Gasteiger partial charge in [0.1, 0.15) is 18.2 Å². The zero-order valence-electron chi connectivity index (χ0n) is 13.8. The molecule has 124 valence electrons. The summed E-state index contributed by atoms with van der Waals surface area (Å²) in [5.41, 5.74) is 0.373. The molecule has 1 aliphatic heterocycles. The van der Waals surface area contributed by atoms with Crippen molar-refractivity contribution >= 4 is 12.1 Å². The lowest BCUT2D eigenvalue weighted by Gasteiger charge is -2.29. The number of nitrogens with zero attached hydrogens (tertiary/aromatic N) is 1. The number of hydrogen-bond donors (Lipinski definition) is 0. The molecule has 5 nitrogen and oxygen atoms in total. The smallest absolute Gasteiger partial charge is 0.411 e. The third-order valence-electron chi connectivity index (χ3n) is 4.24. The Morgan fingerprint density at radius 1 is 1.22 bits per heavy atom. The minimum absolute atomic E-state index is 0.228. The molecule has 2 fully saturated rings. The topological polar surface area (TPSA) is 55.8 Å². The fourth-order valence-corrected chi connectivity index (χ4v) is 3.09. The van der Waals surface area contributed by atoms with Crippen LogP contribution in [0.15, 0.2) is 30.3 Å². The number of likely N-dealkylation sites (tertiary alicyclic amines) is 1. The zero-order valence-corrected chi connectivity index (χ0v) is 13.8. The lowest BCUT2D eigenvalue weighted by Crippen LogP contribution is -2.46. The van der Waals surface area contributed by atoms with Crippen molar-refractivity contribution in [1.82, 2.24) is 4.90 Å². The van der Waals surface area contributed by atoms with E-state index in [0.29, 0.717) is 12.5 Å². The van der Waals surface area contributed by atoms with Gasteiger partial charge in [-0.15, -0.1) is 0 Å². The van der Waals surface area contributed by atoms with Crippen molar-refractivity contribution in [3.05, 3.63) is 35.9 Å². The molecule has 5 heteroatoms. The molecule has 0 spiro atoms. The Hall–Kier alpha value is -2.04. The maximum Gasteiger partial charge on any atom is 0.411 e. The fraction of sp³-hybridized carbons (Fsp3) is 0.556. The maximum atomic E-state index is 12.5. The highest BCUT2D eigenvalue weighted by Gasteiger charge is 2.58. The Morgan fingerprint density at radius 2 is 1.91 bits per heavy atom. The van der Waals surface area contributed by atoms with E-state index >= 15 is 0 Å². The SMILES string of the molecule is CC(C)(C)OC(=O)N1C[C@@H]2C[C@@H]2[C@H]1C(=O)OCc1ccccc1. The summed E-state index contributed by atoms with van der Waals surface area (Å²) in [7, 11) is 0. The molecule has 3 atom stereocenters. The van der Waals surface area contributed by atoms with Gasteiger partial charge in [0.15, 0.2) is 0 Å². The number of carbonyl (C=O) groups is 2. The average molecular weight is 317 g/mol. The number of carbonyl (C=O) groups excluding carboxylic acids is 2. The number of fused-ring (bicyclic) bond motifs is 1. The number of ether oxygens (including phenoxy) is 2. The molecule has 23 heavy (non-hydrogen) atoms. The third kappa shape index (κ3) is 3.66. The average Bonchev–Trinajstić information content (AvgIpc) is 3.14. The first-order valence-corrected chi connectivity index (χ1v) is 8.05. The molecule has 1 aromatic rings. The predicted molar refractivity (Wildman–Crippen MR) is 84.6 cm³/mol. The van der Waals surface area contributed by atoms with Crippen LogP contribution in [0.4, 0.5) is 4.79 Å². The fourth-order valence-electron chi connectivity index (χ4n) is 3.09. The molecule has 0 aromatic heterocycles. The minimum atomic E-state index is -0.567. The second-order valence-electron chi connectivity index (χ2n) is 7.33. The van der Waals surface area contributed by atoms with Crippen LogP contribution in [0.5, 0.6) is 0 Å². The highest BCUT2D eigenvalue weighted by atomic mass is 16.6. The van der Waals surface area contributed by atoms with Crippen LogP contribution < -0.4 is 0 Å². The highest BCUT2D eigenvalue weighted by Crippen LogP contribution is 2.50. The van der Waals surface area contributed by atoms with Crippen LogP contribution in [0.1, 0.15) is 32.8 Å². The summed E-state index contributed by atoms with van der Waals surface area (Å²) in [5, 5.41) is 0. The van der Waals surface area contributed by atoms with E-state index in [2.05, 4.69) is 0 Å². The second-order valence-corrected chi connectivity index (χ2v) is 7.33. The highest BCUT2D eigenvalue weighted by molar-refractivity contribution is 5.83. The summed E-state index contributed by atoms with van der Waals surface area (Å²) < 4.78 is 10.8. The Morgan fingerprint density at radius 3 is 2.57 bits per heavy atom. The van der Waals surface area contributed by atoms with Crippen molar-refractivity contribution in [3.63, 3.8) is 0 Å². The Balaban J connectivity index is 1.62. The molecule has 1 heterocycles. The number of amides is 1. The van der Waals surface area contributed by atoms with Gasteiger partial charge in [-0.1, -0.05) is 30.3 Å². The van der Waals surface area contributed by atoms with Gasteiger partial charge in [-0.05, 0) is 44.6 Å². The number of piperidine rings is 1. The molecule has 0 radical (unpaired) electrons. The first kappa shape index (κ1) is 15.8. The molecule has 1 amide bonds. The maximum absolute atomic E-state index is 12.5. The van der Waals surface area contributed by atoms with Crippen molar-refractivity contribution in [1.29, 1.82) is 0 Å². The van der Waals surface area contributed by atoms with Gasteiger partial charge < -0.3 is 9.47 Å². The van der Waals surface area contributed by atoms with E-state index in [1.807, 2.05) is 51.1 Å². The molecule has 0 unspecified atom stereocenters. The second kappa shape index (κ2) is 5.87. The first-order chi connectivity index (χ1) is 10.8. The monoisotopic (exact) mass is 317 g/mol. The van der Waals surface area contributed by atoms with Crippen LogP contribution in [0.3, 0.4) is 0 Å². The predicted octanol–water partition coefficient (Wildman–Crippen LogP) is 2.99. The molecule has 1 saturated heterocycles. The molecule has 3 rings (SSSR count). The van der Waals surface area contributed by atoms with Gasteiger partial charge in [-0.2, -0.15) is 0 Å². The summed E-state index contributed by atoms with van der Waals surface area (Å²) in [6.07, 6.45) is 0.566. The van der Waals surface area contributed by atoms with Crippen LogP contribution in [0, 0.1) is 11.8 Å². The summed E-state index contributed by atoms with van der Waals surface area (Å²) in [5.74, 6) is 0.312. The number of benzene rings is 1. The van der Waals surface area contributed by atoms with Crippen molar-refractivity contribution in [2.24, 2.45) is 11.8 Å². The van der Waals surface area contributed by atoms with E-state index in [-0.39, 0.29) is 18.5 Å². The molecule has 1 aromatic carbocycles. The molecule has 2 aliphatic rings. The van der Waals surface area contributed by atoms with Crippen LogP contribution in [-0.2, 0) is 20.9 Å². The van der Waals surface area contributed by atoms with Gasteiger partial charge >= 0.3 is 12.1 Å². The quantitative estimate of drug-likeness (QED) is 0.804. The Labute approximate surface area is 136 Å². The number of rotatable bonds is 3. The van der Waals surface area contributed by atoms with Crippen molar-refractivity contribution < 1.29 is 19.1 Å². The van der Waals surface area contributed by atoms with Gasteiger partial charge in [0.05, 0.1) is 0 Å². The molecular weight excluding hydrogens is 294 g/mol. The van der Waals surface area contributed by atoms with Gasteiger partial charge in [-0.3, -0.25) is 4.90 Å². The van der Waals surface area contributed by atoms with Gasteiger partial charge in [0.2, 0.25) is 0 Å². The molecule has 1 aliphatic carbocycles. The standard InChI is InChI=1S/C18H23NO4/c1-18(2,3)23-17(21)19-10-13-9-14(13)15(19)16(20)22-11-12-7-5-4-6-8-12/h4-8,13-15H,9-11H2,1-3H3/t13-,14-,15-/m0/s1. The first-order valence-electron chi connectivity index (χ1n) is 8.05. The van der Waals surface area contributed by atoms with E-state index in [4.69, 9.17) is 9.47 Å². The summed E-state index contributed by atoms with van der Waals surface area (Å²) >= 11 is 0. The normalized spacial score (nSPS) is 25.7. The molecule has 1 saturated carbocycles. The Bertz CT molecular complexity index is 593. The van der Waals surface area contributed by atoms with Crippen molar-refractivity contribution in [2.45, 2.75) is 45.4 Å². The van der Waals surface area contributed by atoms with Crippen LogP contribution in [0.2, 0.25) is 0 Å². The van der Waals surface area contributed by atoms with Gasteiger partial charge in [0.25, 0.3) is 0 Å². The number of esters is 1. The largest absolute Gasteiger partial charge is 0.459 e. The van der Waals surface area contributed by atoms with Gasteiger partial charge in [0, 0.05) is 6.54 Å². The van der Waals surface area contributed by atoms with E-state index in [1.165, 1.54) is 4.90 Å².